The summed E-state index contributed by atoms with van der Waals surface area (Å²) in [7, 11) is 2.91. The number of hydrogen-bond acceptors (Lipinski definition) is 4. The lowest BCUT2D eigenvalue weighted by Gasteiger charge is -2.21. The molecule has 21 heavy (non-hydrogen) atoms. The van der Waals surface area contributed by atoms with Crippen LogP contribution < -0.4 is 0 Å². The highest BCUT2D eigenvalue weighted by Gasteiger charge is 2.15. The third-order valence-electron chi connectivity index (χ3n) is 2.85. The molecule has 0 spiro atoms. The van der Waals surface area contributed by atoms with E-state index in [-0.39, 0.29) is 11.8 Å². The van der Waals surface area contributed by atoms with Crippen molar-refractivity contribution in [1.82, 2.24) is 10.1 Å². The molecule has 120 valence electrons. The molecule has 0 saturated heterocycles. The van der Waals surface area contributed by atoms with Gasteiger partial charge in [-0.15, -0.1) is 0 Å². The van der Waals surface area contributed by atoms with E-state index in [0.717, 1.165) is 19.3 Å². The van der Waals surface area contributed by atoms with E-state index in [4.69, 9.17) is 9.68 Å². The Labute approximate surface area is 126 Å². The molecule has 0 aliphatic carbocycles. The van der Waals surface area contributed by atoms with Crippen LogP contribution >= 0.6 is 0 Å². The highest BCUT2D eigenvalue weighted by molar-refractivity contribution is 5.91. The first kappa shape index (κ1) is 19.3. The summed E-state index contributed by atoms with van der Waals surface area (Å²) in [5.74, 6) is -0.429. The second-order valence-corrected chi connectivity index (χ2v) is 4.80. The molecule has 0 bridgehead atoms. The Morgan fingerprint density at radius 2 is 1.14 bits per heavy atom. The molecule has 2 amide bonds. The summed E-state index contributed by atoms with van der Waals surface area (Å²) >= 11 is 0. The van der Waals surface area contributed by atoms with Crippen LogP contribution in [0.2, 0.25) is 0 Å². The van der Waals surface area contributed by atoms with Crippen LogP contribution in [0.5, 0.6) is 0 Å². The lowest BCUT2D eigenvalue weighted by molar-refractivity contribution is -0.172. The van der Waals surface area contributed by atoms with Crippen LogP contribution in [-0.4, -0.2) is 49.2 Å². The maximum Gasteiger partial charge on any atom is 0.272 e. The zero-order chi connectivity index (χ0) is 16.4. The number of hydrogen-bond donors (Lipinski definition) is 0. The normalized spacial score (nSPS) is 10.1. The first-order chi connectivity index (χ1) is 9.84. The molecule has 0 unspecified atom stereocenters. The predicted molar refractivity (Wildman–Crippen MR) is 80.9 cm³/mol. The summed E-state index contributed by atoms with van der Waals surface area (Å²) in [6.45, 7) is 11.5. The van der Waals surface area contributed by atoms with E-state index < -0.39 is 0 Å². The van der Waals surface area contributed by atoms with Gasteiger partial charge in [-0.2, -0.15) is 0 Å². The van der Waals surface area contributed by atoms with Crippen molar-refractivity contribution in [3.05, 3.63) is 24.3 Å². The van der Waals surface area contributed by atoms with Gasteiger partial charge < -0.3 is 0 Å². The van der Waals surface area contributed by atoms with Crippen molar-refractivity contribution in [2.45, 2.75) is 33.1 Å². The molecule has 6 nitrogen and oxygen atoms in total. The summed E-state index contributed by atoms with van der Waals surface area (Å²) in [6.07, 6.45) is 2.38. The maximum absolute atomic E-state index is 11.7. The van der Waals surface area contributed by atoms with Crippen LogP contribution in [0.4, 0.5) is 0 Å². The first-order valence-corrected chi connectivity index (χ1v) is 6.88. The second-order valence-electron chi connectivity index (χ2n) is 4.80. The van der Waals surface area contributed by atoms with Gasteiger partial charge in [-0.3, -0.25) is 19.3 Å². The Bertz CT molecular complexity index is 357. The molecule has 0 heterocycles. The average molecular weight is 298 g/mol. The van der Waals surface area contributed by atoms with Crippen LogP contribution in [0.3, 0.4) is 0 Å². The van der Waals surface area contributed by atoms with Gasteiger partial charge in [-0.1, -0.05) is 13.2 Å². The van der Waals surface area contributed by atoms with Crippen molar-refractivity contribution in [3.8, 4) is 0 Å². The summed E-state index contributed by atoms with van der Waals surface area (Å²) < 4.78 is 0. The molecule has 0 saturated carbocycles. The molecule has 6 heteroatoms. The molecule has 0 fully saturated rings. The van der Waals surface area contributed by atoms with E-state index in [1.165, 1.54) is 24.3 Å². The fourth-order valence-corrected chi connectivity index (χ4v) is 1.66. The Balaban J connectivity index is 4.04. The van der Waals surface area contributed by atoms with Crippen molar-refractivity contribution in [3.63, 3.8) is 0 Å². The monoisotopic (exact) mass is 298 g/mol. The average Bonchev–Trinajstić information content (AvgIpc) is 2.45. The molecule has 0 N–H and O–H groups in total. The summed E-state index contributed by atoms with van der Waals surface area (Å²) in [6, 6.07) is 0. The number of unbranched alkanes of at least 4 members (excludes halogenated alkanes) is 2. The van der Waals surface area contributed by atoms with Crippen LogP contribution in [0.15, 0.2) is 24.3 Å². The molecule has 0 aromatic heterocycles. The van der Waals surface area contributed by atoms with Gasteiger partial charge in [0.15, 0.2) is 0 Å². The van der Waals surface area contributed by atoms with Gasteiger partial charge in [0.25, 0.3) is 11.8 Å². The molecule has 0 aromatic rings. The molecule has 0 rings (SSSR count). The smallest absolute Gasteiger partial charge is 0.272 e. The highest BCUT2D eigenvalue weighted by atomic mass is 16.7. The predicted octanol–water partition coefficient (Wildman–Crippen LogP) is 2.09. The topological polar surface area (TPSA) is 59.1 Å². The van der Waals surface area contributed by atoms with Gasteiger partial charge in [0.1, 0.15) is 0 Å². The molecular weight excluding hydrogens is 272 g/mol. The van der Waals surface area contributed by atoms with Gasteiger partial charge in [-0.25, -0.2) is 10.1 Å². The van der Waals surface area contributed by atoms with Crippen molar-refractivity contribution >= 4 is 11.8 Å². The number of carbonyl (C=O) groups is 2. The lowest BCUT2D eigenvalue weighted by atomic mass is 10.2. The van der Waals surface area contributed by atoms with E-state index in [2.05, 4.69) is 13.2 Å². The Morgan fingerprint density at radius 3 is 1.38 bits per heavy atom. The second kappa shape index (κ2) is 10.1. The molecule has 0 aliphatic heterocycles. The third-order valence-corrected chi connectivity index (χ3v) is 2.85. The van der Waals surface area contributed by atoms with E-state index in [0.29, 0.717) is 24.2 Å². The van der Waals surface area contributed by atoms with E-state index in [1.54, 1.807) is 13.8 Å². The van der Waals surface area contributed by atoms with Crippen LogP contribution in [0.25, 0.3) is 0 Å². The van der Waals surface area contributed by atoms with E-state index in [9.17, 15) is 9.59 Å². The fraction of sp³-hybridized carbons (Fsp3) is 0.600. The van der Waals surface area contributed by atoms with Gasteiger partial charge in [-0.05, 0) is 33.1 Å². The molecule has 0 aromatic carbocycles. The Morgan fingerprint density at radius 1 is 0.810 bits per heavy atom. The van der Waals surface area contributed by atoms with Crippen molar-refractivity contribution in [1.29, 1.82) is 0 Å². The zero-order valence-corrected chi connectivity index (χ0v) is 13.5. The van der Waals surface area contributed by atoms with Crippen molar-refractivity contribution in [2.24, 2.45) is 0 Å². The minimum Gasteiger partial charge on any atom is -0.274 e. The van der Waals surface area contributed by atoms with Gasteiger partial charge in [0, 0.05) is 24.2 Å². The lowest BCUT2D eigenvalue weighted by Crippen LogP contribution is -2.32. The van der Waals surface area contributed by atoms with Gasteiger partial charge >= 0.3 is 0 Å². The quantitative estimate of drug-likeness (QED) is 0.352. The first-order valence-electron chi connectivity index (χ1n) is 6.88. The van der Waals surface area contributed by atoms with Crippen molar-refractivity contribution < 1.29 is 19.3 Å². The van der Waals surface area contributed by atoms with Crippen LogP contribution in [0.1, 0.15) is 33.1 Å². The van der Waals surface area contributed by atoms with Crippen LogP contribution in [0, 0.1) is 0 Å². The van der Waals surface area contributed by atoms with E-state index in [1.807, 2.05) is 0 Å². The minimum atomic E-state index is -0.214. The van der Waals surface area contributed by atoms with Crippen LogP contribution in [-0.2, 0) is 19.3 Å². The fourth-order valence-electron chi connectivity index (χ4n) is 1.66. The minimum absolute atomic E-state index is 0.214. The number of amides is 2. The Kier molecular flexibility index (Phi) is 9.32. The number of nitrogens with zero attached hydrogens (tertiary/aromatic N) is 2. The summed E-state index contributed by atoms with van der Waals surface area (Å²) in [4.78, 5) is 33.4. The van der Waals surface area contributed by atoms with Crippen molar-refractivity contribution in [2.75, 3.05) is 27.3 Å². The van der Waals surface area contributed by atoms with Gasteiger partial charge in [0.05, 0.1) is 14.2 Å². The highest BCUT2D eigenvalue weighted by Crippen LogP contribution is 2.06. The summed E-state index contributed by atoms with van der Waals surface area (Å²) in [5.41, 5.74) is 0.879. The Hall–Kier alpha value is -1.66. The SMILES string of the molecule is C=C(C)C(=O)N(CCCCCN(OC)C(=O)C(=C)C)OC. The maximum atomic E-state index is 11.7. The number of carbonyl (C=O) groups excluding carboxylic acids is 2. The molecule has 0 radical (unpaired) electrons. The number of hydroxylamine groups is 4. The number of rotatable bonds is 10. The molecular formula is C15H26N2O4. The summed E-state index contributed by atoms with van der Waals surface area (Å²) in [5, 5.41) is 2.57. The van der Waals surface area contributed by atoms with E-state index >= 15 is 0 Å². The molecule has 0 aliphatic rings. The largest absolute Gasteiger partial charge is 0.274 e. The third kappa shape index (κ3) is 7.06. The molecule has 0 atom stereocenters. The zero-order valence-electron chi connectivity index (χ0n) is 13.5. The standard InChI is InChI=1S/C15H26N2O4/c1-12(2)14(18)16(20-5)10-8-7-9-11-17(21-6)15(19)13(3)4/h1,3,7-11H2,2,4-6H3. The van der Waals surface area contributed by atoms with Gasteiger partial charge in [0.2, 0.25) is 0 Å².